The van der Waals surface area contributed by atoms with Crippen LogP contribution in [0.4, 0.5) is 11.4 Å². The molecule has 0 aliphatic carbocycles. The minimum atomic E-state index is -0.331. The van der Waals surface area contributed by atoms with Gasteiger partial charge in [-0.25, -0.2) is 4.98 Å². The lowest BCUT2D eigenvalue weighted by Gasteiger charge is -2.15. The van der Waals surface area contributed by atoms with Crippen LogP contribution in [0.3, 0.4) is 0 Å². The molecule has 0 saturated carbocycles. The van der Waals surface area contributed by atoms with Crippen molar-refractivity contribution in [2.45, 2.75) is 19.8 Å². The molecule has 2 aromatic carbocycles. The molecular weight excluding hydrogens is 354 g/mol. The van der Waals surface area contributed by atoms with Crippen LogP contribution in [0.2, 0.25) is 0 Å². The maximum atomic E-state index is 12.9. The van der Waals surface area contributed by atoms with E-state index in [1.54, 1.807) is 36.4 Å². The summed E-state index contributed by atoms with van der Waals surface area (Å²) >= 11 is 0. The Hall–Kier alpha value is -3.92. The minimum absolute atomic E-state index is 0.0122. The Bertz CT molecular complexity index is 1080. The summed E-state index contributed by atoms with van der Waals surface area (Å²) in [4.78, 5) is 16.7. The van der Waals surface area contributed by atoms with Crippen molar-refractivity contribution >= 4 is 23.0 Å². The first kappa shape index (κ1) is 18.9. The van der Waals surface area contributed by atoms with E-state index in [1.807, 2.05) is 13.8 Å². The lowest BCUT2D eigenvalue weighted by atomic mass is 9.92. The van der Waals surface area contributed by atoms with E-state index < -0.39 is 0 Å². The summed E-state index contributed by atoms with van der Waals surface area (Å²) in [5.74, 6) is -0.0417. The summed E-state index contributed by atoms with van der Waals surface area (Å²) in [6.07, 6.45) is 2.66. The summed E-state index contributed by atoms with van der Waals surface area (Å²) in [7, 11) is 0. The van der Waals surface area contributed by atoms with Crippen molar-refractivity contribution in [3.8, 4) is 6.07 Å². The molecule has 0 saturated heterocycles. The topological polar surface area (TPSA) is 129 Å². The SMILES string of the molecule is CC(C)c1c(C#N)cccc1C(=O)Nc1ccc(N)c(C(=N)c2cnco2)c1. The zero-order valence-electron chi connectivity index (χ0n) is 15.5. The smallest absolute Gasteiger partial charge is 0.255 e. The van der Waals surface area contributed by atoms with Crippen molar-refractivity contribution < 1.29 is 9.21 Å². The highest BCUT2D eigenvalue weighted by molar-refractivity contribution is 6.13. The number of carbonyl (C=O) groups is 1. The summed E-state index contributed by atoms with van der Waals surface area (Å²) < 4.78 is 5.15. The monoisotopic (exact) mass is 373 g/mol. The Kier molecular flexibility index (Phi) is 5.23. The number of nitrogens with zero attached hydrogens (tertiary/aromatic N) is 2. The molecule has 1 aromatic heterocycles. The molecule has 1 amide bonds. The first-order valence-corrected chi connectivity index (χ1v) is 8.64. The average molecular weight is 373 g/mol. The van der Waals surface area contributed by atoms with E-state index in [4.69, 9.17) is 15.6 Å². The van der Waals surface area contributed by atoms with Crippen LogP contribution < -0.4 is 11.1 Å². The molecule has 0 fully saturated rings. The number of nitrogen functional groups attached to an aromatic ring is 1. The van der Waals surface area contributed by atoms with Gasteiger partial charge in [0, 0.05) is 22.5 Å². The first-order chi connectivity index (χ1) is 13.4. The molecule has 0 aliphatic heterocycles. The molecular formula is C21H19N5O2. The fraction of sp³-hybridized carbons (Fsp3) is 0.143. The molecule has 28 heavy (non-hydrogen) atoms. The van der Waals surface area contributed by atoms with Crippen LogP contribution in [0.5, 0.6) is 0 Å². The number of anilines is 2. The van der Waals surface area contributed by atoms with Gasteiger partial charge in [0.15, 0.2) is 12.2 Å². The second-order valence-corrected chi connectivity index (χ2v) is 6.53. The van der Waals surface area contributed by atoms with E-state index in [0.717, 1.165) is 0 Å². The Morgan fingerprint density at radius 3 is 2.71 bits per heavy atom. The number of benzene rings is 2. The van der Waals surface area contributed by atoms with Gasteiger partial charge in [-0.15, -0.1) is 0 Å². The van der Waals surface area contributed by atoms with E-state index in [0.29, 0.717) is 33.6 Å². The normalized spacial score (nSPS) is 10.5. The highest BCUT2D eigenvalue weighted by atomic mass is 16.3. The van der Waals surface area contributed by atoms with Crippen LogP contribution in [-0.4, -0.2) is 16.6 Å². The van der Waals surface area contributed by atoms with E-state index in [2.05, 4.69) is 16.4 Å². The van der Waals surface area contributed by atoms with Gasteiger partial charge in [0.25, 0.3) is 5.91 Å². The predicted molar refractivity (Wildman–Crippen MR) is 106 cm³/mol. The Morgan fingerprint density at radius 2 is 2.07 bits per heavy atom. The van der Waals surface area contributed by atoms with Crippen molar-refractivity contribution in [1.29, 1.82) is 10.7 Å². The van der Waals surface area contributed by atoms with Gasteiger partial charge in [-0.05, 0) is 41.8 Å². The highest BCUT2D eigenvalue weighted by Gasteiger charge is 2.18. The standard InChI is InChI=1S/C21H19N5O2/c1-12(2)19-13(9-22)4-3-5-15(19)21(27)26-14-6-7-17(23)16(8-14)20(24)18-10-25-11-28-18/h3-8,10-12,24H,23H2,1-2H3,(H,26,27). The molecule has 0 spiro atoms. The van der Waals surface area contributed by atoms with Gasteiger partial charge in [-0.2, -0.15) is 5.26 Å². The molecule has 0 bridgehead atoms. The quantitative estimate of drug-likeness (QED) is 0.461. The number of carbonyl (C=O) groups excluding carboxylic acids is 1. The van der Waals surface area contributed by atoms with E-state index in [9.17, 15) is 10.1 Å². The first-order valence-electron chi connectivity index (χ1n) is 8.64. The number of nitrogens with two attached hydrogens (primary N) is 1. The molecule has 3 aromatic rings. The molecule has 3 rings (SSSR count). The third-order valence-corrected chi connectivity index (χ3v) is 4.31. The van der Waals surface area contributed by atoms with Crippen LogP contribution in [0.15, 0.2) is 53.4 Å². The molecule has 140 valence electrons. The fourth-order valence-electron chi connectivity index (χ4n) is 3.00. The van der Waals surface area contributed by atoms with Gasteiger partial charge in [-0.3, -0.25) is 10.2 Å². The molecule has 0 aliphatic rings. The van der Waals surface area contributed by atoms with Gasteiger partial charge in [0.2, 0.25) is 0 Å². The lowest BCUT2D eigenvalue weighted by Crippen LogP contribution is -2.16. The van der Waals surface area contributed by atoms with Gasteiger partial charge < -0.3 is 15.5 Å². The van der Waals surface area contributed by atoms with Crippen LogP contribution in [-0.2, 0) is 0 Å². The predicted octanol–water partition coefficient (Wildman–Crippen LogP) is 3.92. The zero-order chi connectivity index (χ0) is 20.3. The number of nitrogens with one attached hydrogen (secondary N) is 2. The molecule has 0 radical (unpaired) electrons. The highest BCUT2D eigenvalue weighted by Crippen LogP contribution is 2.26. The van der Waals surface area contributed by atoms with E-state index in [-0.39, 0.29) is 23.3 Å². The molecule has 7 nitrogen and oxygen atoms in total. The number of amides is 1. The van der Waals surface area contributed by atoms with E-state index in [1.165, 1.54) is 12.6 Å². The van der Waals surface area contributed by atoms with Crippen molar-refractivity contribution in [1.82, 2.24) is 4.98 Å². The number of hydrogen-bond donors (Lipinski definition) is 3. The molecule has 4 N–H and O–H groups in total. The summed E-state index contributed by atoms with van der Waals surface area (Å²) in [5, 5.41) is 20.4. The second kappa shape index (κ2) is 7.76. The minimum Gasteiger partial charge on any atom is -0.442 e. The summed E-state index contributed by atoms with van der Waals surface area (Å²) in [6, 6.07) is 12.1. The van der Waals surface area contributed by atoms with Crippen LogP contribution >= 0.6 is 0 Å². The number of nitriles is 1. The zero-order valence-corrected chi connectivity index (χ0v) is 15.5. The van der Waals surface area contributed by atoms with Gasteiger partial charge >= 0.3 is 0 Å². The lowest BCUT2D eigenvalue weighted by molar-refractivity contribution is 0.102. The third kappa shape index (κ3) is 3.62. The van der Waals surface area contributed by atoms with Gasteiger partial charge in [0.1, 0.15) is 5.71 Å². The maximum Gasteiger partial charge on any atom is 0.255 e. The molecule has 0 unspecified atom stereocenters. The van der Waals surface area contributed by atoms with Crippen molar-refractivity contribution in [3.05, 3.63) is 77.0 Å². The van der Waals surface area contributed by atoms with Gasteiger partial charge in [0.05, 0.1) is 17.8 Å². The number of rotatable bonds is 5. The summed E-state index contributed by atoms with van der Waals surface area (Å²) in [5.41, 5.74) is 8.97. The largest absolute Gasteiger partial charge is 0.442 e. The van der Waals surface area contributed by atoms with Crippen molar-refractivity contribution in [2.24, 2.45) is 0 Å². The van der Waals surface area contributed by atoms with Crippen LogP contribution in [0.1, 0.15) is 52.6 Å². The molecule has 7 heteroatoms. The molecule has 1 heterocycles. The second-order valence-electron chi connectivity index (χ2n) is 6.53. The van der Waals surface area contributed by atoms with E-state index >= 15 is 0 Å². The third-order valence-electron chi connectivity index (χ3n) is 4.31. The number of oxazole rings is 1. The number of hydrogen-bond acceptors (Lipinski definition) is 6. The van der Waals surface area contributed by atoms with Crippen LogP contribution in [0.25, 0.3) is 0 Å². The Balaban J connectivity index is 1.93. The molecule has 0 atom stereocenters. The number of aromatic nitrogens is 1. The Labute approximate surface area is 162 Å². The van der Waals surface area contributed by atoms with Crippen molar-refractivity contribution in [3.63, 3.8) is 0 Å². The van der Waals surface area contributed by atoms with Crippen molar-refractivity contribution in [2.75, 3.05) is 11.1 Å². The van der Waals surface area contributed by atoms with Gasteiger partial charge in [-0.1, -0.05) is 19.9 Å². The average Bonchev–Trinajstić information content (AvgIpc) is 3.22. The maximum absolute atomic E-state index is 12.9. The van der Waals surface area contributed by atoms with Crippen LogP contribution in [0, 0.1) is 16.7 Å². The Morgan fingerprint density at radius 1 is 1.29 bits per heavy atom. The summed E-state index contributed by atoms with van der Waals surface area (Å²) in [6.45, 7) is 3.87. The fourth-order valence-corrected chi connectivity index (χ4v) is 3.00.